The van der Waals surface area contributed by atoms with E-state index in [2.05, 4.69) is 5.32 Å². The number of rotatable bonds is 4. The van der Waals surface area contributed by atoms with Crippen LogP contribution in [-0.4, -0.2) is 40.9 Å². The van der Waals surface area contributed by atoms with Crippen molar-refractivity contribution in [2.24, 2.45) is 0 Å². The molecule has 0 aliphatic carbocycles. The second kappa shape index (κ2) is 6.34. The lowest BCUT2D eigenvalue weighted by atomic mass is 9.94. The summed E-state index contributed by atoms with van der Waals surface area (Å²) in [5.74, 6) is -0.168. The number of aliphatic hydroxyl groups is 1. The van der Waals surface area contributed by atoms with Gasteiger partial charge in [-0.25, -0.2) is 0 Å². The molecule has 1 aliphatic heterocycles. The number of aromatic nitrogens is 1. The van der Waals surface area contributed by atoms with Gasteiger partial charge in [0.15, 0.2) is 0 Å². The van der Waals surface area contributed by atoms with Crippen LogP contribution in [0.1, 0.15) is 23.2 Å². The molecule has 1 fully saturated rings. The first-order valence-corrected chi connectivity index (χ1v) is 7.48. The summed E-state index contributed by atoms with van der Waals surface area (Å²) < 4.78 is 7.21. The van der Waals surface area contributed by atoms with Gasteiger partial charge in [-0.15, -0.1) is 0 Å². The monoisotopic (exact) mass is 300 g/mol. The second-order valence-corrected chi connectivity index (χ2v) is 5.66. The first-order valence-electron chi connectivity index (χ1n) is 7.48. The summed E-state index contributed by atoms with van der Waals surface area (Å²) in [5.41, 5.74) is 0.745. The number of carbonyl (C=O) groups excluding carboxylic acids is 1. The van der Waals surface area contributed by atoms with Gasteiger partial charge in [0.1, 0.15) is 0 Å². The maximum absolute atomic E-state index is 12.2. The molecule has 2 heterocycles. The van der Waals surface area contributed by atoms with Gasteiger partial charge in [-0.05, 0) is 36.4 Å². The molecule has 116 valence electrons. The SMILES string of the molecule is O=C(NCC1(O)CCOCC1)c1ccc(-n2cccc2)cc1. The lowest BCUT2D eigenvalue weighted by molar-refractivity contribution is -0.0605. The molecule has 0 atom stereocenters. The number of ether oxygens (including phenoxy) is 1. The highest BCUT2D eigenvalue weighted by atomic mass is 16.5. The van der Waals surface area contributed by atoms with Crippen molar-refractivity contribution in [2.45, 2.75) is 18.4 Å². The molecular weight excluding hydrogens is 280 g/mol. The van der Waals surface area contributed by atoms with Gasteiger partial charge in [-0.1, -0.05) is 0 Å². The lowest BCUT2D eigenvalue weighted by Crippen LogP contribution is -2.46. The van der Waals surface area contributed by atoms with Gasteiger partial charge in [0.25, 0.3) is 5.91 Å². The third kappa shape index (κ3) is 3.37. The summed E-state index contributed by atoms with van der Waals surface area (Å²) in [6.07, 6.45) is 5.02. The molecule has 1 aromatic carbocycles. The predicted octanol–water partition coefficient (Wildman–Crippen LogP) is 1.75. The molecule has 0 radical (unpaired) electrons. The molecule has 1 amide bonds. The van der Waals surface area contributed by atoms with Crippen LogP contribution in [0.4, 0.5) is 0 Å². The van der Waals surface area contributed by atoms with Gasteiger partial charge >= 0.3 is 0 Å². The molecular formula is C17H20N2O3. The molecule has 2 aromatic rings. The third-order valence-electron chi connectivity index (χ3n) is 4.03. The van der Waals surface area contributed by atoms with E-state index >= 15 is 0 Å². The van der Waals surface area contributed by atoms with Gasteiger partial charge < -0.3 is 19.7 Å². The molecule has 5 heteroatoms. The Hall–Kier alpha value is -2.11. The van der Waals surface area contributed by atoms with Crippen molar-refractivity contribution >= 4 is 5.91 Å². The molecule has 5 nitrogen and oxygen atoms in total. The van der Waals surface area contributed by atoms with Crippen molar-refractivity contribution in [2.75, 3.05) is 19.8 Å². The van der Waals surface area contributed by atoms with Crippen molar-refractivity contribution in [3.8, 4) is 5.69 Å². The number of amides is 1. The van der Waals surface area contributed by atoms with Gasteiger partial charge in [-0.3, -0.25) is 4.79 Å². The first kappa shape index (κ1) is 14.8. The quantitative estimate of drug-likeness (QED) is 0.904. The van der Waals surface area contributed by atoms with Crippen LogP contribution < -0.4 is 5.32 Å². The molecule has 0 bridgehead atoms. The fraction of sp³-hybridized carbons (Fsp3) is 0.353. The van der Waals surface area contributed by atoms with Crippen LogP contribution in [0.3, 0.4) is 0 Å². The van der Waals surface area contributed by atoms with E-state index in [9.17, 15) is 9.90 Å². The fourth-order valence-electron chi connectivity index (χ4n) is 2.57. The van der Waals surface area contributed by atoms with Crippen LogP contribution in [0, 0.1) is 0 Å². The number of hydrogen-bond donors (Lipinski definition) is 2. The molecule has 1 saturated heterocycles. The van der Waals surface area contributed by atoms with E-state index in [0.717, 1.165) is 5.69 Å². The highest BCUT2D eigenvalue weighted by Gasteiger charge is 2.30. The van der Waals surface area contributed by atoms with E-state index in [1.807, 2.05) is 41.2 Å². The third-order valence-corrected chi connectivity index (χ3v) is 4.03. The average Bonchev–Trinajstić information content (AvgIpc) is 3.08. The summed E-state index contributed by atoms with van der Waals surface area (Å²) in [5, 5.41) is 13.2. The van der Waals surface area contributed by atoms with Crippen molar-refractivity contribution in [3.63, 3.8) is 0 Å². The first-order chi connectivity index (χ1) is 10.7. The van der Waals surface area contributed by atoms with Gasteiger partial charge in [-0.2, -0.15) is 0 Å². The summed E-state index contributed by atoms with van der Waals surface area (Å²) in [7, 11) is 0. The fourth-order valence-corrected chi connectivity index (χ4v) is 2.57. The molecule has 1 aliphatic rings. The van der Waals surface area contributed by atoms with Crippen LogP contribution in [-0.2, 0) is 4.74 Å². The zero-order valence-electron chi connectivity index (χ0n) is 12.4. The van der Waals surface area contributed by atoms with Crippen LogP contribution in [0.25, 0.3) is 5.69 Å². The second-order valence-electron chi connectivity index (χ2n) is 5.66. The van der Waals surface area contributed by atoms with Crippen molar-refractivity contribution in [1.82, 2.24) is 9.88 Å². The summed E-state index contributed by atoms with van der Waals surface area (Å²) in [4.78, 5) is 12.2. The minimum atomic E-state index is -0.848. The number of nitrogens with one attached hydrogen (secondary N) is 1. The van der Waals surface area contributed by atoms with E-state index in [-0.39, 0.29) is 12.5 Å². The van der Waals surface area contributed by atoms with E-state index in [0.29, 0.717) is 31.6 Å². The van der Waals surface area contributed by atoms with Crippen molar-refractivity contribution in [1.29, 1.82) is 0 Å². The maximum atomic E-state index is 12.2. The van der Waals surface area contributed by atoms with Crippen LogP contribution in [0.5, 0.6) is 0 Å². The largest absolute Gasteiger partial charge is 0.388 e. The van der Waals surface area contributed by atoms with E-state index in [4.69, 9.17) is 4.74 Å². The van der Waals surface area contributed by atoms with E-state index in [1.165, 1.54) is 0 Å². The van der Waals surface area contributed by atoms with Gasteiger partial charge in [0.05, 0.1) is 5.60 Å². The molecule has 3 rings (SSSR count). The zero-order valence-corrected chi connectivity index (χ0v) is 12.4. The zero-order chi connectivity index (χ0) is 15.4. The highest BCUT2D eigenvalue weighted by molar-refractivity contribution is 5.94. The Morgan fingerprint density at radius 2 is 1.82 bits per heavy atom. The molecule has 22 heavy (non-hydrogen) atoms. The standard InChI is InChI=1S/C17H20N2O3/c20-16(18-13-17(21)7-11-22-12-8-17)14-3-5-15(6-4-14)19-9-1-2-10-19/h1-6,9-10,21H,7-8,11-13H2,(H,18,20). The Bertz CT molecular complexity index is 614. The number of hydrogen-bond acceptors (Lipinski definition) is 3. The van der Waals surface area contributed by atoms with Crippen molar-refractivity contribution < 1.29 is 14.6 Å². The summed E-state index contributed by atoms with van der Waals surface area (Å²) >= 11 is 0. The van der Waals surface area contributed by atoms with E-state index in [1.54, 1.807) is 12.1 Å². The smallest absolute Gasteiger partial charge is 0.251 e. The van der Waals surface area contributed by atoms with Crippen LogP contribution >= 0.6 is 0 Å². The number of nitrogens with zero attached hydrogens (tertiary/aromatic N) is 1. The minimum Gasteiger partial charge on any atom is -0.388 e. The Labute approximate surface area is 129 Å². The normalized spacial score (nSPS) is 17.1. The maximum Gasteiger partial charge on any atom is 0.251 e. The lowest BCUT2D eigenvalue weighted by Gasteiger charge is -2.32. The minimum absolute atomic E-state index is 0.168. The average molecular weight is 300 g/mol. The Kier molecular flexibility index (Phi) is 4.27. The molecule has 0 spiro atoms. The molecule has 2 N–H and O–H groups in total. The topological polar surface area (TPSA) is 63.5 Å². The van der Waals surface area contributed by atoms with Crippen LogP contribution in [0.2, 0.25) is 0 Å². The Morgan fingerprint density at radius 3 is 2.45 bits per heavy atom. The molecule has 1 aromatic heterocycles. The molecule has 0 unspecified atom stereocenters. The summed E-state index contributed by atoms with van der Waals surface area (Å²) in [6.45, 7) is 1.34. The predicted molar refractivity (Wildman–Crippen MR) is 83.1 cm³/mol. The summed E-state index contributed by atoms with van der Waals surface area (Å²) in [6, 6.07) is 11.3. The van der Waals surface area contributed by atoms with Crippen LogP contribution in [0.15, 0.2) is 48.8 Å². The number of carbonyl (C=O) groups is 1. The van der Waals surface area contributed by atoms with E-state index < -0.39 is 5.60 Å². The Morgan fingerprint density at radius 1 is 1.18 bits per heavy atom. The number of benzene rings is 1. The molecule has 0 saturated carbocycles. The Balaban J connectivity index is 1.60. The highest BCUT2D eigenvalue weighted by Crippen LogP contribution is 2.19. The van der Waals surface area contributed by atoms with Gasteiger partial charge in [0, 0.05) is 56.2 Å². The van der Waals surface area contributed by atoms with Gasteiger partial charge in [0.2, 0.25) is 0 Å². The van der Waals surface area contributed by atoms with Crippen molar-refractivity contribution in [3.05, 3.63) is 54.4 Å².